The number of carbonyl (C=O) groups is 2. The molecule has 0 aromatic heterocycles. The SMILES string of the molecule is CC(=O)NCc1ccc(C(=O)N(Cc2ccccc2)C(C)C)cc1. The molecule has 1 N–H and O–H groups in total. The summed E-state index contributed by atoms with van der Waals surface area (Å²) in [6, 6.07) is 17.5. The second kappa shape index (κ2) is 8.29. The van der Waals surface area contributed by atoms with E-state index in [2.05, 4.69) is 5.32 Å². The maximum absolute atomic E-state index is 12.8. The lowest BCUT2D eigenvalue weighted by Gasteiger charge is -2.27. The van der Waals surface area contributed by atoms with Crippen LogP contribution in [0.3, 0.4) is 0 Å². The highest BCUT2D eigenvalue weighted by Crippen LogP contribution is 2.14. The van der Waals surface area contributed by atoms with E-state index in [1.165, 1.54) is 6.92 Å². The molecule has 0 spiro atoms. The van der Waals surface area contributed by atoms with Crippen molar-refractivity contribution in [1.82, 2.24) is 10.2 Å². The molecule has 0 aliphatic rings. The zero-order valence-electron chi connectivity index (χ0n) is 14.5. The van der Waals surface area contributed by atoms with Gasteiger partial charge in [0.15, 0.2) is 0 Å². The first-order chi connectivity index (χ1) is 11.5. The highest BCUT2D eigenvalue weighted by molar-refractivity contribution is 5.94. The van der Waals surface area contributed by atoms with E-state index < -0.39 is 0 Å². The highest BCUT2D eigenvalue weighted by Gasteiger charge is 2.19. The van der Waals surface area contributed by atoms with Crippen molar-refractivity contribution in [2.75, 3.05) is 0 Å². The molecular weight excluding hydrogens is 300 g/mol. The van der Waals surface area contributed by atoms with Crippen LogP contribution in [-0.4, -0.2) is 22.8 Å². The van der Waals surface area contributed by atoms with Crippen LogP contribution in [0.25, 0.3) is 0 Å². The van der Waals surface area contributed by atoms with Crippen molar-refractivity contribution in [3.63, 3.8) is 0 Å². The Kier molecular flexibility index (Phi) is 6.13. The van der Waals surface area contributed by atoms with E-state index in [0.717, 1.165) is 11.1 Å². The minimum atomic E-state index is -0.0657. The van der Waals surface area contributed by atoms with Gasteiger partial charge in [0.05, 0.1) is 0 Å². The largest absolute Gasteiger partial charge is 0.352 e. The van der Waals surface area contributed by atoms with Crippen LogP contribution < -0.4 is 5.32 Å². The molecule has 4 heteroatoms. The van der Waals surface area contributed by atoms with Crippen molar-refractivity contribution in [1.29, 1.82) is 0 Å². The van der Waals surface area contributed by atoms with Gasteiger partial charge in [0, 0.05) is 31.6 Å². The third-order valence-corrected chi connectivity index (χ3v) is 3.82. The van der Waals surface area contributed by atoms with Gasteiger partial charge in [-0.15, -0.1) is 0 Å². The summed E-state index contributed by atoms with van der Waals surface area (Å²) >= 11 is 0. The summed E-state index contributed by atoms with van der Waals surface area (Å²) in [6.07, 6.45) is 0. The summed E-state index contributed by atoms with van der Waals surface area (Å²) in [6.45, 7) is 6.59. The smallest absolute Gasteiger partial charge is 0.254 e. The first-order valence-electron chi connectivity index (χ1n) is 8.15. The molecule has 2 aromatic carbocycles. The molecule has 0 radical (unpaired) electrons. The second-order valence-electron chi connectivity index (χ2n) is 6.12. The molecule has 0 heterocycles. The molecule has 0 aliphatic heterocycles. The van der Waals surface area contributed by atoms with Crippen LogP contribution in [-0.2, 0) is 17.9 Å². The summed E-state index contributed by atoms with van der Waals surface area (Å²) in [7, 11) is 0. The Morgan fingerprint density at radius 2 is 1.58 bits per heavy atom. The third kappa shape index (κ3) is 4.95. The van der Waals surface area contributed by atoms with Gasteiger partial charge < -0.3 is 10.2 Å². The fourth-order valence-corrected chi connectivity index (χ4v) is 2.43. The van der Waals surface area contributed by atoms with Crippen LogP contribution in [0.2, 0.25) is 0 Å². The molecular formula is C20H24N2O2. The van der Waals surface area contributed by atoms with E-state index in [1.807, 2.05) is 73.3 Å². The molecule has 4 nitrogen and oxygen atoms in total. The minimum absolute atomic E-state index is 0.0138. The van der Waals surface area contributed by atoms with Crippen molar-refractivity contribution in [2.45, 2.75) is 39.9 Å². The van der Waals surface area contributed by atoms with Gasteiger partial charge in [-0.1, -0.05) is 42.5 Å². The Morgan fingerprint density at radius 3 is 2.12 bits per heavy atom. The van der Waals surface area contributed by atoms with Crippen molar-refractivity contribution in [3.8, 4) is 0 Å². The van der Waals surface area contributed by atoms with E-state index in [9.17, 15) is 9.59 Å². The Hall–Kier alpha value is -2.62. The van der Waals surface area contributed by atoms with E-state index in [1.54, 1.807) is 0 Å². The molecule has 0 fully saturated rings. The Labute approximate surface area is 143 Å². The molecule has 0 saturated carbocycles. The number of hydrogen-bond donors (Lipinski definition) is 1. The van der Waals surface area contributed by atoms with Crippen molar-refractivity contribution >= 4 is 11.8 Å². The Bertz CT molecular complexity index is 679. The predicted octanol–water partition coefficient (Wildman–Crippen LogP) is 3.37. The minimum Gasteiger partial charge on any atom is -0.352 e. The number of rotatable bonds is 6. The summed E-state index contributed by atoms with van der Waals surface area (Å²) in [5, 5.41) is 2.75. The first kappa shape index (κ1) is 17.7. The third-order valence-electron chi connectivity index (χ3n) is 3.82. The normalized spacial score (nSPS) is 10.5. The van der Waals surface area contributed by atoms with Crippen LogP contribution in [0.1, 0.15) is 42.3 Å². The molecule has 2 rings (SSSR count). The first-order valence-corrected chi connectivity index (χ1v) is 8.15. The lowest BCUT2D eigenvalue weighted by atomic mass is 10.1. The maximum atomic E-state index is 12.8. The van der Waals surface area contributed by atoms with Crippen LogP contribution in [0.5, 0.6) is 0 Å². The van der Waals surface area contributed by atoms with Gasteiger partial charge in [0.1, 0.15) is 0 Å². The number of carbonyl (C=O) groups excluding carboxylic acids is 2. The van der Waals surface area contributed by atoms with Gasteiger partial charge in [-0.05, 0) is 37.1 Å². The molecule has 24 heavy (non-hydrogen) atoms. The topological polar surface area (TPSA) is 49.4 Å². The summed E-state index contributed by atoms with van der Waals surface area (Å²) in [4.78, 5) is 25.6. The van der Waals surface area contributed by atoms with Gasteiger partial charge >= 0.3 is 0 Å². The average Bonchev–Trinajstić information content (AvgIpc) is 2.58. The van der Waals surface area contributed by atoms with Gasteiger partial charge in [-0.3, -0.25) is 9.59 Å². The summed E-state index contributed by atoms with van der Waals surface area (Å²) in [5.41, 5.74) is 2.74. The summed E-state index contributed by atoms with van der Waals surface area (Å²) in [5.74, 6) is -0.0519. The molecule has 2 aromatic rings. The summed E-state index contributed by atoms with van der Waals surface area (Å²) < 4.78 is 0. The number of benzene rings is 2. The molecule has 0 saturated heterocycles. The number of amides is 2. The molecule has 0 aliphatic carbocycles. The number of nitrogens with zero attached hydrogens (tertiary/aromatic N) is 1. The average molecular weight is 324 g/mol. The van der Waals surface area contributed by atoms with E-state index >= 15 is 0 Å². The molecule has 0 atom stereocenters. The van der Waals surface area contributed by atoms with Gasteiger partial charge in [0.25, 0.3) is 5.91 Å². The second-order valence-corrected chi connectivity index (χ2v) is 6.12. The van der Waals surface area contributed by atoms with Crippen LogP contribution in [0.15, 0.2) is 54.6 Å². The van der Waals surface area contributed by atoms with Crippen LogP contribution >= 0.6 is 0 Å². The van der Waals surface area contributed by atoms with E-state index in [-0.39, 0.29) is 17.9 Å². The quantitative estimate of drug-likeness (QED) is 0.885. The Morgan fingerprint density at radius 1 is 0.958 bits per heavy atom. The fraction of sp³-hybridized carbons (Fsp3) is 0.300. The maximum Gasteiger partial charge on any atom is 0.254 e. The van der Waals surface area contributed by atoms with Crippen molar-refractivity contribution in [3.05, 3.63) is 71.3 Å². The molecule has 0 unspecified atom stereocenters. The van der Waals surface area contributed by atoms with Crippen LogP contribution in [0.4, 0.5) is 0 Å². The lowest BCUT2D eigenvalue weighted by molar-refractivity contribution is -0.119. The molecule has 2 amide bonds. The van der Waals surface area contributed by atoms with Gasteiger partial charge in [-0.25, -0.2) is 0 Å². The van der Waals surface area contributed by atoms with Gasteiger partial charge in [-0.2, -0.15) is 0 Å². The lowest BCUT2D eigenvalue weighted by Crippen LogP contribution is -2.36. The van der Waals surface area contributed by atoms with Gasteiger partial charge in [0.2, 0.25) is 5.91 Å². The zero-order chi connectivity index (χ0) is 17.5. The van der Waals surface area contributed by atoms with E-state index in [0.29, 0.717) is 18.7 Å². The Balaban J connectivity index is 2.10. The number of hydrogen-bond acceptors (Lipinski definition) is 2. The predicted molar refractivity (Wildman–Crippen MR) is 95.4 cm³/mol. The monoisotopic (exact) mass is 324 g/mol. The standard InChI is InChI=1S/C20H24N2O2/c1-15(2)22(14-18-7-5-4-6-8-18)20(24)19-11-9-17(10-12-19)13-21-16(3)23/h4-12,15H,13-14H2,1-3H3,(H,21,23). The molecule has 126 valence electrons. The highest BCUT2D eigenvalue weighted by atomic mass is 16.2. The molecule has 0 bridgehead atoms. The van der Waals surface area contributed by atoms with Crippen molar-refractivity contribution < 1.29 is 9.59 Å². The van der Waals surface area contributed by atoms with E-state index in [4.69, 9.17) is 0 Å². The fourth-order valence-electron chi connectivity index (χ4n) is 2.43. The van der Waals surface area contributed by atoms with Crippen LogP contribution in [0, 0.1) is 0 Å². The zero-order valence-corrected chi connectivity index (χ0v) is 14.5. The van der Waals surface area contributed by atoms with Crippen molar-refractivity contribution in [2.24, 2.45) is 0 Å². The number of nitrogens with one attached hydrogen (secondary N) is 1.